The molecule has 0 saturated carbocycles. The third kappa shape index (κ3) is 2.39. The zero-order chi connectivity index (χ0) is 17.9. The summed E-state index contributed by atoms with van der Waals surface area (Å²) in [6, 6.07) is 9.06. The van der Waals surface area contributed by atoms with Crippen LogP contribution in [0.1, 0.15) is 11.3 Å². The number of hydrogen-bond donors (Lipinski definition) is 1. The van der Waals surface area contributed by atoms with E-state index in [0.717, 1.165) is 33.1 Å². The third-order valence-electron chi connectivity index (χ3n) is 4.83. The number of nitrogens with one attached hydrogen (secondary N) is 1. The molecule has 4 aromatic rings. The second kappa shape index (κ2) is 5.79. The van der Waals surface area contributed by atoms with Crippen LogP contribution in [0.2, 0.25) is 5.02 Å². The van der Waals surface area contributed by atoms with Crippen molar-refractivity contribution in [1.29, 1.82) is 0 Å². The summed E-state index contributed by atoms with van der Waals surface area (Å²) in [5.41, 5.74) is 3.91. The topological polar surface area (TPSA) is 66.1 Å². The molecule has 1 aromatic carbocycles. The zero-order valence-electron chi connectivity index (χ0n) is 13.6. The van der Waals surface area contributed by atoms with Crippen LogP contribution in [0.25, 0.3) is 21.8 Å². The van der Waals surface area contributed by atoms with Crippen LogP contribution in [0.4, 0.5) is 0 Å². The lowest BCUT2D eigenvalue weighted by Crippen LogP contribution is -2.35. The van der Waals surface area contributed by atoms with E-state index in [1.807, 2.05) is 24.4 Å². The highest BCUT2D eigenvalue weighted by Gasteiger charge is 2.31. The van der Waals surface area contributed by atoms with Crippen LogP contribution in [0.3, 0.4) is 0 Å². The Morgan fingerprint density at radius 3 is 2.92 bits per heavy atom. The minimum absolute atomic E-state index is 0.357. The van der Waals surface area contributed by atoms with Crippen LogP contribution in [0, 0.1) is 0 Å². The van der Waals surface area contributed by atoms with Gasteiger partial charge in [0.05, 0.1) is 11.0 Å². The van der Waals surface area contributed by atoms with Gasteiger partial charge in [0.1, 0.15) is 4.21 Å². The van der Waals surface area contributed by atoms with Gasteiger partial charge in [0.15, 0.2) is 0 Å². The van der Waals surface area contributed by atoms with Gasteiger partial charge >= 0.3 is 0 Å². The highest BCUT2D eigenvalue weighted by atomic mass is 35.5. The average molecular weight is 404 g/mol. The molecular weight excluding hydrogens is 390 g/mol. The number of aromatic amines is 1. The quantitative estimate of drug-likeness (QED) is 0.546. The predicted octanol–water partition coefficient (Wildman–Crippen LogP) is 4.18. The molecule has 0 spiro atoms. The third-order valence-corrected chi connectivity index (χ3v) is 8.28. The first-order valence-electron chi connectivity index (χ1n) is 8.15. The molecule has 1 aliphatic rings. The fourth-order valence-corrected chi connectivity index (χ4v) is 6.27. The summed E-state index contributed by atoms with van der Waals surface area (Å²) in [7, 11) is -3.46. The lowest BCUT2D eigenvalue weighted by Gasteiger charge is -2.25. The maximum atomic E-state index is 12.9. The van der Waals surface area contributed by atoms with E-state index in [9.17, 15) is 8.42 Å². The molecule has 4 heterocycles. The molecule has 0 fully saturated rings. The highest BCUT2D eigenvalue weighted by Crippen LogP contribution is 2.34. The standard InChI is InChI=1S/C18H14ClN3O2S2/c19-11-3-4-12-16(8-11)20-9-13-14-10-22(6-5-15(14)21-18(12)13)26(23,24)17-2-1-7-25-17/h1-4,7-9,21H,5-6,10H2. The molecular formula is C18H14ClN3O2S2. The Kier molecular flexibility index (Phi) is 3.62. The summed E-state index contributed by atoms with van der Waals surface area (Å²) in [4.78, 5) is 8.00. The predicted molar refractivity (Wildman–Crippen MR) is 104 cm³/mol. The van der Waals surface area contributed by atoms with E-state index in [4.69, 9.17) is 11.6 Å². The summed E-state index contributed by atoms with van der Waals surface area (Å²) in [6.07, 6.45) is 2.47. The molecule has 0 radical (unpaired) electrons. The van der Waals surface area contributed by atoms with E-state index in [1.54, 1.807) is 21.8 Å². The summed E-state index contributed by atoms with van der Waals surface area (Å²) < 4.78 is 27.7. The van der Waals surface area contributed by atoms with Crippen LogP contribution in [0.5, 0.6) is 0 Å². The largest absolute Gasteiger partial charge is 0.357 e. The molecule has 0 unspecified atom stereocenters. The number of hydrogen-bond acceptors (Lipinski definition) is 4. The van der Waals surface area contributed by atoms with Crippen LogP contribution < -0.4 is 0 Å². The van der Waals surface area contributed by atoms with Crippen molar-refractivity contribution in [2.75, 3.05) is 6.54 Å². The summed E-state index contributed by atoms with van der Waals surface area (Å²) in [5.74, 6) is 0. The monoisotopic (exact) mass is 403 g/mol. The smallest absolute Gasteiger partial charge is 0.252 e. The number of pyridine rings is 1. The van der Waals surface area contributed by atoms with Crippen LogP contribution in [-0.2, 0) is 23.0 Å². The van der Waals surface area contributed by atoms with Gasteiger partial charge in [-0.15, -0.1) is 11.3 Å². The van der Waals surface area contributed by atoms with Crippen molar-refractivity contribution >= 4 is 54.8 Å². The molecule has 132 valence electrons. The first-order valence-corrected chi connectivity index (χ1v) is 10.8. The second-order valence-electron chi connectivity index (χ2n) is 6.31. The molecule has 0 aliphatic carbocycles. The maximum Gasteiger partial charge on any atom is 0.252 e. The van der Waals surface area contributed by atoms with E-state index in [1.165, 1.54) is 11.3 Å². The van der Waals surface area contributed by atoms with Crippen molar-refractivity contribution in [2.45, 2.75) is 17.2 Å². The van der Waals surface area contributed by atoms with Crippen molar-refractivity contribution in [3.8, 4) is 0 Å². The number of aromatic nitrogens is 2. The van der Waals surface area contributed by atoms with Crippen molar-refractivity contribution < 1.29 is 8.42 Å². The molecule has 1 aliphatic heterocycles. The number of halogens is 1. The SMILES string of the molecule is O=S(=O)(c1cccs1)N1CCc2[nH]c3c(cnc4cc(Cl)ccc43)c2C1. The molecule has 5 rings (SSSR count). The van der Waals surface area contributed by atoms with Gasteiger partial charge in [-0.3, -0.25) is 4.98 Å². The van der Waals surface area contributed by atoms with Gasteiger partial charge in [-0.1, -0.05) is 17.7 Å². The zero-order valence-corrected chi connectivity index (χ0v) is 16.0. The highest BCUT2D eigenvalue weighted by molar-refractivity contribution is 7.91. The van der Waals surface area contributed by atoms with Crippen molar-refractivity contribution in [1.82, 2.24) is 14.3 Å². The first kappa shape index (κ1) is 16.3. The molecule has 0 amide bonds. The number of sulfonamides is 1. The Morgan fingerprint density at radius 1 is 1.23 bits per heavy atom. The van der Waals surface area contributed by atoms with E-state index < -0.39 is 10.0 Å². The minimum Gasteiger partial charge on any atom is -0.357 e. The van der Waals surface area contributed by atoms with Gasteiger partial charge in [0.25, 0.3) is 10.0 Å². The van der Waals surface area contributed by atoms with Gasteiger partial charge < -0.3 is 4.98 Å². The average Bonchev–Trinajstić information content (AvgIpc) is 3.29. The van der Waals surface area contributed by atoms with Gasteiger partial charge in [-0.2, -0.15) is 4.31 Å². The molecule has 3 aromatic heterocycles. The van der Waals surface area contributed by atoms with E-state index in [0.29, 0.717) is 28.7 Å². The van der Waals surface area contributed by atoms with Crippen molar-refractivity contribution in [3.63, 3.8) is 0 Å². The summed E-state index contributed by atoms with van der Waals surface area (Å²) in [6.45, 7) is 0.827. The van der Waals surface area contributed by atoms with Crippen LogP contribution >= 0.6 is 22.9 Å². The molecule has 26 heavy (non-hydrogen) atoms. The number of rotatable bonds is 2. The Bertz CT molecular complexity index is 1250. The van der Waals surface area contributed by atoms with E-state index in [-0.39, 0.29) is 0 Å². The van der Waals surface area contributed by atoms with Crippen LogP contribution in [0.15, 0.2) is 46.1 Å². The van der Waals surface area contributed by atoms with E-state index in [2.05, 4.69) is 9.97 Å². The second-order valence-corrected chi connectivity index (χ2v) is 9.86. The fraction of sp³-hybridized carbons (Fsp3) is 0.167. The summed E-state index contributed by atoms with van der Waals surface area (Å²) >= 11 is 7.32. The van der Waals surface area contributed by atoms with Crippen molar-refractivity contribution in [2.24, 2.45) is 0 Å². The normalized spacial score (nSPS) is 15.6. The lowest BCUT2D eigenvalue weighted by atomic mass is 10.1. The van der Waals surface area contributed by atoms with Crippen LogP contribution in [-0.4, -0.2) is 29.2 Å². The summed E-state index contributed by atoms with van der Waals surface area (Å²) in [5, 5.41) is 4.40. The maximum absolute atomic E-state index is 12.9. The molecule has 0 atom stereocenters. The molecule has 8 heteroatoms. The van der Waals surface area contributed by atoms with E-state index >= 15 is 0 Å². The Hall–Kier alpha value is -1.93. The first-order chi connectivity index (χ1) is 12.5. The minimum atomic E-state index is -3.46. The Labute approximate surface area is 159 Å². The van der Waals surface area contributed by atoms with Gasteiger partial charge in [0.2, 0.25) is 0 Å². The number of H-pyrrole nitrogens is 1. The van der Waals surface area contributed by atoms with Crippen molar-refractivity contribution in [3.05, 3.63) is 58.2 Å². The molecule has 5 nitrogen and oxygen atoms in total. The Balaban J connectivity index is 1.63. The number of benzene rings is 1. The van der Waals surface area contributed by atoms with Gasteiger partial charge in [-0.05, 0) is 35.2 Å². The Morgan fingerprint density at radius 2 is 2.12 bits per heavy atom. The number of thiophene rings is 1. The fourth-order valence-electron chi connectivity index (χ4n) is 3.55. The lowest BCUT2D eigenvalue weighted by molar-refractivity contribution is 0.392. The molecule has 1 N–H and O–H groups in total. The van der Waals surface area contributed by atoms with Gasteiger partial charge in [-0.25, -0.2) is 8.42 Å². The van der Waals surface area contributed by atoms with Gasteiger partial charge in [0, 0.05) is 47.2 Å². The number of nitrogens with zero attached hydrogens (tertiary/aromatic N) is 2. The number of fused-ring (bicyclic) bond motifs is 5. The molecule has 0 bridgehead atoms. The molecule has 0 saturated heterocycles.